The maximum absolute atomic E-state index is 13.4. The largest absolute Gasteiger partial charge is 0.372 e. The molecule has 0 spiro atoms. The fourth-order valence-corrected chi connectivity index (χ4v) is 4.96. The summed E-state index contributed by atoms with van der Waals surface area (Å²) in [6.45, 7) is 4.47. The molecule has 0 amide bonds. The highest BCUT2D eigenvalue weighted by molar-refractivity contribution is 5.69. The van der Waals surface area contributed by atoms with Crippen LogP contribution >= 0.6 is 0 Å². The van der Waals surface area contributed by atoms with Crippen molar-refractivity contribution in [2.45, 2.75) is 27.1 Å². The number of pyridine rings is 2. The Bertz CT molecular complexity index is 2150. The van der Waals surface area contributed by atoms with E-state index in [0.29, 0.717) is 51.9 Å². The number of aromatic nitrogens is 6. The van der Waals surface area contributed by atoms with Gasteiger partial charge in [0.05, 0.1) is 76.8 Å². The van der Waals surface area contributed by atoms with Gasteiger partial charge in [0, 0.05) is 17.3 Å². The predicted octanol–water partition coefficient (Wildman–Crippen LogP) is 6.94. The first-order valence-electron chi connectivity index (χ1n) is 14.2. The summed E-state index contributed by atoms with van der Waals surface area (Å²) >= 11 is 0. The topological polar surface area (TPSA) is 134 Å². The first kappa shape index (κ1) is 29.8. The van der Waals surface area contributed by atoms with Crippen molar-refractivity contribution >= 4 is 0 Å². The second kappa shape index (κ2) is 13.2. The monoisotopic (exact) mass is 604 g/mol. The second-order valence-corrected chi connectivity index (χ2v) is 10.7. The molecule has 4 heterocycles. The van der Waals surface area contributed by atoms with Crippen molar-refractivity contribution in [3.05, 3.63) is 131 Å². The van der Waals surface area contributed by atoms with E-state index in [4.69, 9.17) is 4.74 Å². The normalized spacial score (nSPS) is 10.7. The maximum Gasteiger partial charge on any atom is 0.141 e. The molecular formula is C36H25FN8O. The number of halogens is 1. The van der Waals surface area contributed by atoms with Crippen LogP contribution in [0.1, 0.15) is 33.4 Å². The Kier molecular flexibility index (Phi) is 8.55. The van der Waals surface area contributed by atoms with Crippen molar-refractivity contribution in [1.82, 2.24) is 29.9 Å². The molecule has 0 unspecified atom stereocenters. The zero-order chi connectivity index (χ0) is 32.0. The molecule has 6 rings (SSSR count). The van der Waals surface area contributed by atoms with Crippen LogP contribution in [0.3, 0.4) is 0 Å². The first-order chi connectivity index (χ1) is 22.4. The number of hydrogen-bond acceptors (Lipinski definition) is 9. The third-order valence-corrected chi connectivity index (χ3v) is 7.25. The van der Waals surface area contributed by atoms with E-state index in [9.17, 15) is 14.9 Å². The summed E-state index contributed by atoms with van der Waals surface area (Å²) in [5, 5.41) is 19.1. The summed E-state index contributed by atoms with van der Waals surface area (Å²) in [5.74, 6) is -0.431. The van der Waals surface area contributed by atoms with Gasteiger partial charge in [-0.25, -0.2) is 24.3 Å². The molecule has 46 heavy (non-hydrogen) atoms. The van der Waals surface area contributed by atoms with E-state index in [0.717, 1.165) is 39.6 Å². The molecule has 0 bridgehead atoms. The van der Waals surface area contributed by atoms with E-state index in [1.807, 2.05) is 44.2 Å². The Hall–Kier alpha value is -6.23. The SMILES string of the molecule is Cc1cc(C#N)cc(-c2cc(-c3cc(COCc4cc(C#N)cc(-c5cc(-c6ccc(F)cn6)ncn5)c4)c(C)cn3)ncn2)c1. The van der Waals surface area contributed by atoms with Crippen molar-refractivity contribution in [1.29, 1.82) is 10.5 Å². The zero-order valence-electron chi connectivity index (χ0n) is 24.9. The molecule has 0 fully saturated rings. The van der Waals surface area contributed by atoms with Crippen molar-refractivity contribution in [2.75, 3.05) is 0 Å². The van der Waals surface area contributed by atoms with Crippen LogP contribution in [0, 0.1) is 42.3 Å². The number of benzene rings is 2. The third-order valence-electron chi connectivity index (χ3n) is 7.25. The Morgan fingerprint density at radius 1 is 0.609 bits per heavy atom. The molecule has 6 aromatic rings. The van der Waals surface area contributed by atoms with Crippen LogP contribution in [-0.2, 0) is 18.0 Å². The highest BCUT2D eigenvalue weighted by Gasteiger charge is 2.12. The lowest BCUT2D eigenvalue weighted by Gasteiger charge is -2.11. The van der Waals surface area contributed by atoms with Gasteiger partial charge in [-0.05, 0) is 103 Å². The molecular weight excluding hydrogens is 579 g/mol. The van der Waals surface area contributed by atoms with E-state index >= 15 is 0 Å². The zero-order valence-corrected chi connectivity index (χ0v) is 24.9. The Morgan fingerprint density at radius 3 is 1.89 bits per heavy atom. The highest BCUT2D eigenvalue weighted by atomic mass is 19.1. The third kappa shape index (κ3) is 6.78. The lowest BCUT2D eigenvalue weighted by molar-refractivity contribution is 0.107. The summed E-state index contributed by atoms with van der Waals surface area (Å²) in [6.07, 6.45) is 5.83. The lowest BCUT2D eigenvalue weighted by Crippen LogP contribution is -2.00. The number of aryl methyl sites for hydroxylation is 2. The van der Waals surface area contributed by atoms with Crippen LogP contribution in [0.5, 0.6) is 0 Å². The van der Waals surface area contributed by atoms with Crippen molar-refractivity contribution in [3.63, 3.8) is 0 Å². The lowest BCUT2D eigenvalue weighted by atomic mass is 10.0. The summed E-state index contributed by atoms with van der Waals surface area (Å²) in [7, 11) is 0. The minimum atomic E-state index is -0.431. The molecule has 9 nitrogen and oxygen atoms in total. The quantitative estimate of drug-likeness (QED) is 0.181. The predicted molar refractivity (Wildman–Crippen MR) is 169 cm³/mol. The molecule has 0 N–H and O–H groups in total. The van der Waals surface area contributed by atoms with Gasteiger partial charge in [-0.1, -0.05) is 0 Å². The fourth-order valence-electron chi connectivity index (χ4n) is 4.96. The van der Waals surface area contributed by atoms with E-state index < -0.39 is 5.82 Å². The summed E-state index contributed by atoms with van der Waals surface area (Å²) in [6, 6.07) is 23.9. The van der Waals surface area contributed by atoms with Crippen molar-refractivity contribution in [3.8, 4) is 57.4 Å². The first-order valence-corrected chi connectivity index (χ1v) is 14.2. The van der Waals surface area contributed by atoms with Crippen LogP contribution in [0.15, 0.2) is 91.8 Å². The fraction of sp³-hybridized carbons (Fsp3) is 0.111. The number of rotatable bonds is 8. The van der Waals surface area contributed by atoms with Crippen molar-refractivity contribution < 1.29 is 9.13 Å². The molecule has 0 saturated carbocycles. The van der Waals surface area contributed by atoms with Gasteiger partial charge in [0.1, 0.15) is 18.5 Å². The van der Waals surface area contributed by atoms with Gasteiger partial charge < -0.3 is 4.74 Å². The molecule has 2 aromatic carbocycles. The minimum absolute atomic E-state index is 0.253. The average molecular weight is 605 g/mol. The van der Waals surface area contributed by atoms with E-state index in [2.05, 4.69) is 42.0 Å². The molecule has 0 aliphatic rings. The molecule has 0 radical (unpaired) electrons. The molecule has 10 heteroatoms. The van der Waals surface area contributed by atoms with Gasteiger partial charge in [-0.15, -0.1) is 0 Å². The van der Waals surface area contributed by atoms with Crippen LogP contribution < -0.4 is 0 Å². The van der Waals surface area contributed by atoms with Gasteiger partial charge in [-0.2, -0.15) is 10.5 Å². The van der Waals surface area contributed by atoms with Crippen molar-refractivity contribution in [2.24, 2.45) is 0 Å². The van der Waals surface area contributed by atoms with E-state index in [-0.39, 0.29) is 6.61 Å². The smallest absolute Gasteiger partial charge is 0.141 e. The summed E-state index contributed by atoms with van der Waals surface area (Å²) < 4.78 is 19.5. The Morgan fingerprint density at radius 2 is 1.22 bits per heavy atom. The Labute approximate surface area is 264 Å². The van der Waals surface area contributed by atoms with E-state index in [1.165, 1.54) is 18.7 Å². The van der Waals surface area contributed by atoms with Crippen LogP contribution in [0.2, 0.25) is 0 Å². The number of hydrogen-bond donors (Lipinski definition) is 0. The number of ether oxygens (including phenoxy) is 1. The van der Waals surface area contributed by atoms with Gasteiger partial charge in [-0.3, -0.25) is 9.97 Å². The second-order valence-electron chi connectivity index (χ2n) is 10.7. The van der Waals surface area contributed by atoms with Crippen LogP contribution in [0.4, 0.5) is 4.39 Å². The number of nitriles is 2. The maximum atomic E-state index is 13.4. The Balaban J connectivity index is 1.20. The van der Waals surface area contributed by atoms with Gasteiger partial charge >= 0.3 is 0 Å². The molecule has 222 valence electrons. The molecule has 0 aliphatic heterocycles. The number of nitrogens with zero attached hydrogens (tertiary/aromatic N) is 8. The van der Waals surface area contributed by atoms with Gasteiger partial charge in [0.25, 0.3) is 0 Å². The average Bonchev–Trinajstić information content (AvgIpc) is 3.09. The van der Waals surface area contributed by atoms with E-state index in [1.54, 1.807) is 36.5 Å². The highest BCUT2D eigenvalue weighted by Crippen LogP contribution is 2.27. The van der Waals surface area contributed by atoms with Crippen LogP contribution in [-0.4, -0.2) is 29.9 Å². The summed E-state index contributed by atoms with van der Waals surface area (Å²) in [5.41, 5.74) is 9.94. The molecule has 0 atom stereocenters. The molecule has 0 aliphatic carbocycles. The summed E-state index contributed by atoms with van der Waals surface area (Å²) in [4.78, 5) is 26.2. The molecule has 4 aromatic heterocycles. The van der Waals surface area contributed by atoms with Gasteiger partial charge in [0.2, 0.25) is 0 Å². The standard InChI is InChI=1S/C36H25FN8O/c1-22-5-24(14-38)8-27(6-22)32-13-36(45-21-42-32)34-11-29(23(2)16-40-34)19-46-18-26-7-25(15-39)9-28(10-26)33-12-35(44-20-43-33)31-4-3-30(37)17-41-31/h3-13,16-17,20-21H,18-19H2,1-2H3. The van der Waals surface area contributed by atoms with Gasteiger partial charge in [0.15, 0.2) is 0 Å². The molecule has 0 saturated heterocycles. The van der Waals surface area contributed by atoms with Crippen LogP contribution in [0.25, 0.3) is 45.3 Å². The minimum Gasteiger partial charge on any atom is -0.372 e.